The van der Waals surface area contributed by atoms with Crippen LogP contribution in [0.2, 0.25) is 5.15 Å². The number of benzene rings is 1. The second kappa shape index (κ2) is 5.80. The molecule has 0 radical (unpaired) electrons. The molecule has 0 fully saturated rings. The Balaban J connectivity index is 2.06. The normalized spacial score (nSPS) is 11.9. The van der Waals surface area contributed by atoms with E-state index in [4.69, 9.17) is 23.2 Å². The number of hydrogen-bond donors (Lipinski definition) is 1. The molecule has 0 spiro atoms. The summed E-state index contributed by atoms with van der Waals surface area (Å²) in [5, 5.41) is 9.40. The maximum atomic E-state index is 11.9. The Morgan fingerprint density at radius 2 is 1.83 bits per heavy atom. The molecular formula is C12H9Cl2N3O. The molecule has 92 valence electrons. The number of rotatable bonds is 3. The second-order valence-electron chi connectivity index (χ2n) is 3.50. The van der Waals surface area contributed by atoms with Crippen molar-refractivity contribution in [3.05, 3.63) is 53.2 Å². The molecule has 0 aliphatic heterocycles. The van der Waals surface area contributed by atoms with Crippen LogP contribution in [0.4, 0.5) is 5.82 Å². The van der Waals surface area contributed by atoms with Crippen LogP contribution in [0, 0.1) is 0 Å². The minimum atomic E-state index is -0.774. The number of alkyl halides is 1. The second-order valence-corrected chi connectivity index (χ2v) is 4.33. The number of anilines is 1. The van der Waals surface area contributed by atoms with Gasteiger partial charge in [-0.15, -0.1) is 21.8 Å². The summed E-state index contributed by atoms with van der Waals surface area (Å²) in [4.78, 5) is 11.9. The highest BCUT2D eigenvalue weighted by Gasteiger charge is 2.17. The molecule has 18 heavy (non-hydrogen) atoms. The fraction of sp³-hybridized carbons (Fsp3) is 0.0833. The number of aromatic nitrogens is 2. The molecule has 2 aromatic rings. The highest BCUT2D eigenvalue weighted by molar-refractivity contribution is 6.32. The van der Waals surface area contributed by atoms with Crippen molar-refractivity contribution < 1.29 is 4.79 Å². The fourth-order valence-electron chi connectivity index (χ4n) is 1.35. The van der Waals surface area contributed by atoms with Crippen molar-refractivity contribution in [2.45, 2.75) is 5.38 Å². The predicted octanol–water partition coefficient (Wildman–Crippen LogP) is 3.05. The zero-order valence-electron chi connectivity index (χ0n) is 9.18. The highest BCUT2D eigenvalue weighted by atomic mass is 35.5. The van der Waals surface area contributed by atoms with E-state index in [0.717, 1.165) is 5.56 Å². The van der Waals surface area contributed by atoms with Crippen LogP contribution in [0.25, 0.3) is 0 Å². The summed E-state index contributed by atoms with van der Waals surface area (Å²) in [6.07, 6.45) is 0. The Morgan fingerprint density at radius 3 is 2.44 bits per heavy atom. The van der Waals surface area contributed by atoms with E-state index in [0.29, 0.717) is 5.82 Å². The van der Waals surface area contributed by atoms with E-state index in [9.17, 15) is 4.79 Å². The Labute approximate surface area is 114 Å². The SMILES string of the molecule is O=C(Nc1ccc(Cl)nn1)C(Cl)c1ccccc1. The van der Waals surface area contributed by atoms with Crippen molar-refractivity contribution in [2.24, 2.45) is 0 Å². The molecule has 1 amide bonds. The number of carbonyl (C=O) groups excluding carboxylic acids is 1. The van der Waals surface area contributed by atoms with E-state index in [2.05, 4.69) is 15.5 Å². The van der Waals surface area contributed by atoms with Gasteiger partial charge in [-0.05, 0) is 17.7 Å². The van der Waals surface area contributed by atoms with Gasteiger partial charge >= 0.3 is 0 Å². The van der Waals surface area contributed by atoms with Crippen molar-refractivity contribution >= 4 is 34.9 Å². The van der Waals surface area contributed by atoms with Gasteiger partial charge in [-0.3, -0.25) is 4.79 Å². The van der Waals surface area contributed by atoms with Gasteiger partial charge in [-0.25, -0.2) is 0 Å². The van der Waals surface area contributed by atoms with E-state index in [-0.39, 0.29) is 11.1 Å². The standard InChI is InChI=1S/C12H9Cl2N3O/c13-9-6-7-10(17-16-9)15-12(18)11(14)8-4-2-1-3-5-8/h1-7,11H,(H,15,17,18). The van der Waals surface area contributed by atoms with Gasteiger partial charge in [0, 0.05) is 0 Å². The molecule has 1 heterocycles. The molecule has 6 heteroatoms. The number of nitrogens with one attached hydrogen (secondary N) is 1. The lowest BCUT2D eigenvalue weighted by atomic mass is 10.1. The molecule has 1 atom stereocenters. The predicted molar refractivity (Wildman–Crippen MR) is 70.7 cm³/mol. The van der Waals surface area contributed by atoms with Crippen LogP contribution in [0.15, 0.2) is 42.5 Å². The molecule has 2 rings (SSSR count). The van der Waals surface area contributed by atoms with Crippen LogP contribution in [-0.2, 0) is 4.79 Å². The van der Waals surface area contributed by atoms with Crippen LogP contribution in [0.1, 0.15) is 10.9 Å². The van der Waals surface area contributed by atoms with Crippen molar-refractivity contribution in [1.82, 2.24) is 10.2 Å². The number of nitrogens with zero attached hydrogens (tertiary/aromatic N) is 2. The summed E-state index contributed by atoms with van der Waals surface area (Å²) in [5.41, 5.74) is 0.721. The molecule has 0 saturated heterocycles. The third-order valence-corrected chi connectivity index (χ3v) is 2.86. The van der Waals surface area contributed by atoms with Gasteiger partial charge in [0.05, 0.1) is 0 Å². The van der Waals surface area contributed by atoms with Crippen molar-refractivity contribution in [3.63, 3.8) is 0 Å². The molecule has 1 aromatic carbocycles. The first kappa shape index (κ1) is 12.8. The maximum absolute atomic E-state index is 11.9. The third kappa shape index (κ3) is 3.18. The summed E-state index contributed by atoms with van der Waals surface area (Å²) in [7, 11) is 0. The van der Waals surface area contributed by atoms with Gasteiger partial charge in [0.2, 0.25) is 5.91 Å². The topological polar surface area (TPSA) is 54.9 Å². The monoisotopic (exact) mass is 281 g/mol. The van der Waals surface area contributed by atoms with Crippen molar-refractivity contribution in [3.8, 4) is 0 Å². The summed E-state index contributed by atoms with van der Waals surface area (Å²) in [5.74, 6) is -0.0505. The molecule has 0 saturated carbocycles. The summed E-state index contributed by atoms with van der Waals surface area (Å²) in [6, 6.07) is 12.2. The lowest BCUT2D eigenvalue weighted by molar-refractivity contribution is -0.116. The lowest BCUT2D eigenvalue weighted by Gasteiger charge is -2.09. The molecule has 1 N–H and O–H groups in total. The molecule has 1 aromatic heterocycles. The van der Waals surface area contributed by atoms with Gasteiger partial charge in [-0.2, -0.15) is 0 Å². The van der Waals surface area contributed by atoms with E-state index in [1.807, 2.05) is 18.2 Å². The van der Waals surface area contributed by atoms with Crippen LogP contribution in [-0.4, -0.2) is 16.1 Å². The first-order valence-corrected chi connectivity index (χ1v) is 5.97. The summed E-state index contributed by atoms with van der Waals surface area (Å²) >= 11 is 11.6. The molecule has 4 nitrogen and oxygen atoms in total. The lowest BCUT2D eigenvalue weighted by Crippen LogP contribution is -2.18. The number of carbonyl (C=O) groups is 1. The number of hydrogen-bond acceptors (Lipinski definition) is 3. The van der Waals surface area contributed by atoms with Gasteiger partial charge in [0.15, 0.2) is 11.0 Å². The van der Waals surface area contributed by atoms with Crippen molar-refractivity contribution in [1.29, 1.82) is 0 Å². The zero-order valence-corrected chi connectivity index (χ0v) is 10.7. The molecular weight excluding hydrogens is 273 g/mol. The van der Waals surface area contributed by atoms with Gasteiger partial charge in [0.25, 0.3) is 0 Å². The van der Waals surface area contributed by atoms with Crippen LogP contribution < -0.4 is 5.32 Å². The van der Waals surface area contributed by atoms with Crippen LogP contribution in [0.3, 0.4) is 0 Å². The highest BCUT2D eigenvalue weighted by Crippen LogP contribution is 2.21. The van der Waals surface area contributed by atoms with E-state index < -0.39 is 5.38 Å². The van der Waals surface area contributed by atoms with Gasteiger partial charge in [-0.1, -0.05) is 41.9 Å². The average Bonchev–Trinajstić information content (AvgIpc) is 2.41. The quantitative estimate of drug-likeness (QED) is 0.880. The van der Waals surface area contributed by atoms with E-state index in [1.165, 1.54) is 6.07 Å². The largest absolute Gasteiger partial charge is 0.308 e. The molecule has 0 aliphatic rings. The Bertz CT molecular complexity index is 531. The number of amides is 1. The Morgan fingerprint density at radius 1 is 1.11 bits per heavy atom. The first-order chi connectivity index (χ1) is 8.66. The molecule has 0 aliphatic carbocycles. The van der Waals surface area contributed by atoms with E-state index in [1.54, 1.807) is 18.2 Å². The maximum Gasteiger partial charge on any atom is 0.248 e. The number of halogens is 2. The fourth-order valence-corrected chi connectivity index (χ4v) is 1.65. The Kier molecular flexibility index (Phi) is 4.12. The van der Waals surface area contributed by atoms with Gasteiger partial charge in [0.1, 0.15) is 5.38 Å². The van der Waals surface area contributed by atoms with Crippen molar-refractivity contribution in [2.75, 3.05) is 5.32 Å². The zero-order chi connectivity index (χ0) is 13.0. The van der Waals surface area contributed by atoms with Crippen LogP contribution in [0.5, 0.6) is 0 Å². The third-order valence-electron chi connectivity index (χ3n) is 2.21. The van der Waals surface area contributed by atoms with Gasteiger partial charge < -0.3 is 5.32 Å². The Hall–Kier alpha value is -1.65. The first-order valence-electron chi connectivity index (χ1n) is 5.16. The average molecular weight is 282 g/mol. The summed E-state index contributed by atoms with van der Waals surface area (Å²) in [6.45, 7) is 0. The molecule has 0 bridgehead atoms. The van der Waals surface area contributed by atoms with E-state index >= 15 is 0 Å². The minimum Gasteiger partial charge on any atom is -0.308 e. The smallest absolute Gasteiger partial charge is 0.248 e. The van der Waals surface area contributed by atoms with Crippen LogP contribution >= 0.6 is 23.2 Å². The molecule has 1 unspecified atom stereocenters. The summed E-state index contributed by atoms with van der Waals surface area (Å²) < 4.78 is 0. The minimum absolute atomic E-state index is 0.262.